The number of nitrogens with one attached hydrogen (secondary N) is 1. The standard InChI is InChI=1S/C21H23N3O3/c1-26-19-6-3-15(12-20(19)27-2)16-11-17-4-5-18(14-24(17)21(25)13-16)23-9-7-22-8-10-23/h3-6,11-14,22H,7-10H2,1-2H3. The van der Waals surface area contributed by atoms with E-state index in [9.17, 15) is 4.79 Å². The van der Waals surface area contributed by atoms with E-state index in [-0.39, 0.29) is 5.56 Å². The quantitative estimate of drug-likeness (QED) is 0.769. The number of anilines is 1. The number of hydrogen-bond donors (Lipinski definition) is 1. The predicted molar refractivity (Wildman–Crippen MR) is 107 cm³/mol. The van der Waals surface area contributed by atoms with Crippen LogP contribution < -0.4 is 25.2 Å². The Morgan fingerprint density at radius 2 is 1.67 bits per heavy atom. The lowest BCUT2D eigenvalue weighted by atomic mass is 10.1. The molecule has 2 aromatic heterocycles. The average Bonchev–Trinajstić information content (AvgIpc) is 2.73. The van der Waals surface area contributed by atoms with Crippen LogP contribution >= 0.6 is 0 Å². The summed E-state index contributed by atoms with van der Waals surface area (Å²) in [7, 11) is 3.21. The topological polar surface area (TPSA) is 55.2 Å². The third-order valence-corrected chi connectivity index (χ3v) is 4.98. The average molecular weight is 365 g/mol. The van der Waals surface area contributed by atoms with Gasteiger partial charge in [-0.2, -0.15) is 0 Å². The molecule has 0 unspecified atom stereocenters. The number of aromatic nitrogens is 1. The van der Waals surface area contributed by atoms with Crippen LogP contribution in [0.25, 0.3) is 16.6 Å². The number of rotatable bonds is 4. The van der Waals surface area contributed by atoms with Crippen LogP contribution in [0, 0.1) is 0 Å². The molecule has 0 atom stereocenters. The molecule has 0 aliphatic carbocycles. The number of nitrogens with zero attached hydrogens (tertiary/aromatic N) is 2. The molecule has 0 saturated carbocycles. The van der Waals surface area contributed by atoms with Crippen LogP contribution in [0.2, 0.25) is 0 Å². The normalized spacial score (nSPS) is 14.4. The molecular weight excluding hydrogens is 342 g/mol. The highest BCUT2D eigenvalue weighted by atomic mass is 16.5. The summed E-state index contributed by atoms with van der Waals surface area (Å²) in [5.41, 5.74) is 3.67. The monoisotopic (exact) mass is 365 g/mol. The fourth-order valence-electron chi connectivity index (χ4n) is 3.51. The van der Waals surface area contributed by atoms with E-state index in [0.29, 0.717) is 11.5 Å². The molecule has 3 aromatic rings. The molecule has 6 heteroatoms. The molecule has 1 saturated heterocycles. The Kier molecular flexibility index (Phi) is 4.73. The maximum Gasteiger partial charge on any atom is 0.255 e. The molecule has 140 valence electrons. The number of benzene rings is 1. The number of fused-ring (bicyclic) bond motifs is 1. The second-order valence-corrected chi connectivity index (χ2v) is 6.57. The summed E-state index contributed by atoms with van der Waals surface area (Å²) in [6.07, 6.45) is 1.93. The van der Waals surface area contributed by atoms with Gasteiger partial charge in [-0.3, -0.25) is 9.20 Å². The van der Waals surface area contributed by atoms with Gasteiger partial charge in [-0.15, -0.1) is 0 Å². The van der Waals surface area contributed by atoms with E-state index in [1.54, 1.807) is 24.7 Å². The van der Waals surface area contributed by atoms with E-state index >= 15 is 0 Å². The Hall–Kier alpha value is -2.99. The van der Waals surface area contributed by atoms with Crippen molar-refractivity contribution in [3.8, 4) is 22.6 Å². The Morgan fingerprint density at radius 3 is 2.41 bits per heavy atom. The van der Waals surface area contributed by atoms with Crippen molar-refractivity contribution in [3.05, 3.63) is 59.0 Å². The summed E-state index contributed by atoms with van der Waals surface area (Å²) in [6.45, 7) is 3.82. The first-order chi connectivity index (χ1) is 13.2. The fourth-order valence-corrected chi connectivity index (χ4v) is 3.51. The highest BCUT2D eigenvalue weighted by molar-refractivity contribution is 5.72. The van der Waals surface area contributed by atoms with Gasteiger partial charge in [0, 0.05) is 44.0 Å². The van der Waals surface area contributed by atoms with E-state index in [1.165, 1.54) is 0 Å². The minimum absolute atomic E-state index is 0.0470. The molecule has 0 radical (unpaired) electrons. The van der Waals surface area contributed by atoms with E-state index in [0.717, 1.165) is 48.5 Å². The number of methoxy groups -OCH3 is 2. The summed E-state index contributed by atoms with van der Waals surface area (Å²) in [5, 5.41) is 3.35. The third-order valence-electron chi connectivity index (χ3n) is 4.98. The van der Waals surface area contributed by atoms with Gasteiger partial charge in [-0.05, 0) is 41.5 Å². The first-order valence-electron chi connectivity index (χ1n) is 9.04. The van der Waals surface area contributed by atoms with Crippen molar-refractivity contribution in [2.24, 2.45) is 0 Å². The summed E-state index contributed by atoms with van der Waals surface area (Å²) in [5.74, 6) is 1.31. The molecule has 3 heterocycles. The highest BCUT2D eigenvalue weighted by Crippen LogP contribution is 2.32. The summed E-state index contributed by atoms with van der Waals surface area (Å²) >= 11 is 0. The van der Waals surface area contributed by atoms with Crippen molar-refractivity contribution in [2.75, 3.05) is 45.3 Å². The van der Waals surface area contributed by atoms with Gasteiger partial charge in [0.05, 0.1) is 19.9 Å². The lowest BCUT2D eigenvalue weighted by Gasteiger charge is -2.29. The van der Waals surface area contributed by atoms with Crippen molar-refractivity contribution in [1.29, 1.82) is 0 Å². The summed E-state index contributed by atoms with van der Waals surface area (Å²) < 4.78 is 12.4. The Bertz CT molecular complexity index is 1020. The minimum Gasteiger partial charge on any atom is -0.493 e. The van der Waals surface area contributed by atoms with Crippen LogP contribution in [0.4, 0.5) is 5.69 Å². The zero-order valence-electron chi connectivity index (χ0n) is 15.6. The second-order valence-electron chi connectivity index (χ2n) is 6.57. The molecular formula is C21H23N3O3. The lowest BCUT2D eigenvalue weighted by molar-refractivity contribution is 0.355. The fraction of sp³-hybridized carbons (Fsp3) is 0.286. The minimum atomic E-state index is -0.0470. The van der Waals surface area contributed by atoms with Gasteiger partial charge in [0.1, 0.15) is 0 Å². The van der Waals surface area contributed by atoms with Crippen molar-refractivity contribution < 1.29 is 9.47 Å². The van der Waals surface area contributed by atoms with E-state index in [2.05, 4.69) is 16.3 Å². The van der Waals surface area contributed by atoms with E-state index < -0.39 is 0 Å². The molecule has 1 N–H and O–H groups in total. The van der Waals surface area contributed by atoms with Crippen molar-refractivity contribution >= 4 is 11.2 Å². The smallest absolute Gasteiger partial charge is 0.255 e. The zero-order valence-corrected chi connectivity index (χ0v) is 15.6. The lowest BCUT2D eigenvalue weighted by Crippen LogP contribution is -2.43. The molecule has 4 rings (SSSR count). The van der Waals surface area contributed by atoms with Gasteiger partial charge in [-0.25, -0.2) is 0 Å². The second kappa shape index (κ2) is 7.32. The van der Waals surface area contributed by atoms with Crippen LogP contribution in [0.5, 0.6) is 11.5 Å². The molecule has 1 aliphatic rings. The third kappa shape index (κ3) is 3.36. The first-order valence-corrected chi connectivity index (χ1v) is 9.04. The molecule has 27 heavy (non-hydrogen) atoms. The van der Waals surface area contributed by atoms with Crippen LogP contribution in [-0.4, -0.2) is 44.8 Å². The van der Waals surface area contributed by atoms with Crippen molar-refractivity contribution in [1.82, 2.24) is 9.72 Å². The maximum atomic E-state index is 12.8. The van der Waals surface area contributed by atoms with Crippen LogP contribution in [0.1, 0.15) is 0 Å². The van der Waals surface area contributed by atoms with Crippen LogP contribution in [0.15, 0.2) is 53.5 Å². The van der Waals surface area contributed by atoms with Gasteiger partial charge in [0.2, 0.25) is 0 Å². The Labute approximate surface area is 157 Å². The van der Waals surface area contributed by atoms with E-state index in [4.69, 9.17) is 9.47 Å². The molecule has 6 nitrogen and oxygen atoms in total. The molecule has 0 spiro atoms. The molecule has 1 fully saturated rings. The Balaban J connectivity index is 1.75. The molecule has 1 aliphatic heterocycles. The van der Waals surface area contributed by atoms with Crippen LogP contribution in [-0.2, 0) is 0 Å². The highest BCUT2D eigenvalue weighted by Gasteiger charge is 2.12. The van der Waals surface area contributed by atoms with Gasteiger partial charge in [-0.1, -0.05) is 6.07 Å². The number of ether oxygens (including phenoxy) is 2. The Morgan fingerprint density at radius 1 is 0.889 bits per heavy atom. The van der Waals surface area contributed by atoms with E-state index in [1.807, 2.05) is 36.5 Å². The molecule has 1 aromatic carbocycles. The molecule has 0 amide bonds. The maximum absolute atomic E-state index is 12.8. The number of hydrogen-bond acceptors (Lipinski definition) is 5. The first kappa shape index (κ1) is 17.4. The van der Waals surface area contributed by atoms with Crippen molar-refractivity contribution in [2.45, 2.75) is 0 Å². The van der Waals surface area contributed by atoms with Gasteiger partial charge >= 0.3 is 0 Å². The van der Waals surface area contributed by atoms with Gasteiger partial charge in [0.15, 0.2) is 11.5 Å². The SMILES string of the molecule is COc1ccc(-c2cc(=O)n3cc(N4CCNCC4)ccc3c2)cc1OC. The van der Waals surface area contributed by atoms with Gasteiger partial charge < -0.3 is 19.7 Å². The van der Waals surface area contributed by atoms with Gasteiger partial charge in [0.25, 0.3) is 5.56 Å². The summed E-state index contributed by atoms with van der Waals surface area (Å²) in [4.78, 5) is 15.1. The predicted octanol–water partition coefficient (Wildman–Crippen LogP) is 2.39. The van der Waals surface area contributed by atoms with Crippen molar-refractivity contribution in [3.63, 3.8) is 0 Å². The molecule has 0 bridgehead atoms. The number of pyridine rings is 2. The zero-order chi connectivity index (χ0) is 18.8. The number of piperazine rings is 1. The largest absolute Gasteiger partial charge is 0.493 e. The van der Waals surface area contributed by atoms with Crippen LogP contribution in [0.3, 0.4) is 0 Å². The summed E-state index contributed by atoms with van der Waals surface area (Å²) in [6, 6.07) is 13.4.